The Kier molecular flexibility index (Phi) is 8.38. The average molecular weight is 410 g/mol. The van der Waals surface area contributed by atoms with E-state index >= 15 is 0 Å². The molecule has 0 spiro atoms. The van der Waals surface area contributed by atoms with Crippen LogP contribution in [0.25, 0.3) is 0 Å². The van der Waals surface area contributed by atoms with E-state index in [0.717, 1.165) is 44.4 Å². The Labute approximate surface area is 172 Å². The molecule has 0 amide bonds. The van der Waals surface area contributed by atoms with Crippen LogP contribution in [-0.4, -0.2) is 51.1 Å². The zero-order chi connectivity index (χ0) is 20.8. The second kappa shape index (κ2) is 10.1. The molecule has 1 aliphatic carbocycles. The molecule has 0 aromatic heterocycles. The summed E-state index contributed by atoms with van der Waals surface area (Å²) in [6.07, 6.45) is 6.66. The van der Waals surface area contributed by atoms with E-state index in [2.05, 4.69) is 23.1 Å². The van der Waals surface area contributed by atoms with Crippen molar-refractivity contribution in [3.05, 3.63) is 29.8 Å². The van der Waals surface area contributed by atoms with Gasteiger partial charge < -0.3 is 9.64 Å². The number of ether oxygens (including phenoxy) is 1. The number of aryl methyl sites for hydroxylation is 1. The minimum atomic E-state index is -3.00. The lowest BCUT2D eigenvalue weighted by molar-refractivity contribution is 0.261. The summed E-state index contributed by atoms with van der Waals surface area (Å²) in [6.45, 7) is 7.06. The van der Waals surface area contributed by atoms with E-state index in [9.17, 15) is 8.42 Å². The SMILES string of the molecule is CN(C)CCOc1cccc(CCC2CCC(CS(=O)(=O)C(C)(C)C)CC2)c1. The zero-order valence-electron chi connectivity index (χ0n) is 18.4. The molecule has 160 valence electrons. The largest absolute Gasteiger partial charge is 0.492 e. The van der Waals surface area contributed by atoms with Crippen molar-refractivity contribution in [3.63, 3.8) is 0 Å². The van der Waals surface area contributed by atoms with Gasteiger partial charge in [-0.1, -0.05) is 25.0 Å². The maximum absolute atomic E-state index is 12.4. The first-order valence-electron chi connectivity index (χ1n) is 10.7. The number of hydrogen-bond acceptors (Lipinski definition) is 4. The number of benzene rings is 1. The Morgan fingerprint density at radius 3 is 2.32 bits per heavy atom. The van der Waals surface area contributed by atoms with Crippen LogP contribution in [0, 0.1) is 11.8 Å². The lowest BCUT2D eigenvalue weighted by atomic mass is 9.80. The Morgan fingerprint density at radius 1 is 1.07 bits per heavy atom. The van der Waals surface area contributed by atoms with Gasteiger partial charge in [-0.2, -0.15) is 0 Å². The van der Waals surface area contributed by atoms with Gasteiger partial charge in [-0.05, 0) is 90.1 Å². The Balaban J connectivity index is 1.75. The second-order valence-corrected chi connectivity index (χ2v) is 12.4. The topological polar surface area (TPSA) is 46.6 Å². The minimum Gasteiger partial charge on any atom is -0.492 e. The Hall–Kier alpha value is -1.07. The van der Waals surface area contributed by atoms with Crippen molar-refractivity contribution in [2.75, 3.05) is 33.0 Å². The highest BCUT2D eigenvalue weighted by Gasteiger charge is 2.33. The van der Waals surface area contributed by atoms with Crippen LogP contribution in [0.15, 0.2) is 24.3 Å². The third-order valence-corrected chi connectivity index (χ3v) is 8.68. The summed E-state index contributed by atoms with van der Waals surface area (Å²) in [7, 11) is 1.09. The fourth-order valence-corrected chi connectivity index (χ4v) is 5.21. The van der Waals surface area contributed by atoms with Gasteiger partial charge in [-0.3, -0.25) is 0 Å². The maximum Gasteiger partial charge on any atom is 0.155 e. The number of hydrogen-bond donors (Lipinski definition) is 0. The quantitative estimate of drug-likeness (QED) is 0.599. The number of sulfone groups is 1. The summed E-state index contributed by atoms with van der Waals surface area (Å²) >= 11 is 0. The molecule has 0 saturated heterocycles. The van der Waals surface area contributed by atoms with Gasteiger partial charge in [0.25, 0.3) is 0 Å². The highest BCUT2D eigenvalue weighted by molar-refractivity contribution is 7.92. The van der Waals surface area contributed by atoms with Crippen LogP contribution in [0.5, 0.6) is 5.75 Å². The van der Waals surface area contributed by atoms with Crippen molar-refractivity contribution in [1.82, 2.24) is 4.90 Å². The van der Waals surface area contributed by atoms with E-state index in [1.807, 2.05) is 40.9 Å². The lowest BCUT2D eigenvalue weighted by Gasteiger charge is -2.30. The van der Waals surface area contributed by atoms with Crippen molar-refractivity contribution in [1.29, 1.82) is 0 Å². The molecule has 4 nitrogen and oxygen atoms in total. The van der Waals surface area contributed by atoms with Crippen molar-refractivity contribution in [2.45, 2.75) is 64.0 Å². The van der Waals surface area contributed by atoms with Gasteiger partial charge in [0.2, 0.25) is 0 Å². The molecule has 1 aromatic rings. The van der Waals surface area contributed by atoms with Crippen LogP contribution in [-0.2, 0) is 16.3 Å². The summed E-state index contributed by atoms with van der Waals surface area (Å²) in [5, 5.41) is 0. The predicted molar refractivity (Wildman–Crippen MR) is 118 cm³/mol. The Bertz CT molecular complexity index is 699. The first kappa shape index (κ1) is 23.2. The highest BCUT2D eigenvalue weighted by Crippen LogP contribution is 2.34. The lowest BCUT2D eigenvalue weighted by Crippen LogP contribution is -2.34. The molecule has 1 aliphatic rings. The predicted octanol–water partition coefficient (Wildman–Crippen LogP) is 4.58. The van der Waals surface area contributed by atoms with Crippen LogP contribution in [0.1, 0.15) is 58.4 Å². The van der Waals surface area contributed by atoms with Gasteiger partial charge in [-0.15, -0.1) is 0 Å². The molecule has 28 heavy (non-hydrogen) atoms. The van der Waals surface area contributed by atoms with E-state index in [4.69, 9.17) is 4.74 Å². The third kappa shape index (κ3) is 7.40. The molecule has 1 saturated carbocycles. The van der Waals surface area contributed by atoms with Gasteiger partial charge in [0, 0.05) is 6.54 Å². The summed E-state index contributed by atoms with van der Waals surface area (Å²) in [4.78, 5) is 2.12. The molecule has 0 radical (unpaired) electrons. The molecule has 1 aromatic carbocycles. The number of likely N-dealkylation sites (N-methyl/N-ethyl adjacent to an activating group) is 1. The Morgan fingerprint density at radius 2 is 1.71 bits per heavy atom. The van der Waals surface area contributed by atoms with E-state index in [0.29, 0.717) is 24.2 Å². The first-order chi connectivity index (χ1) is 13.1. The summed E-state index contributed by atoms with van der Waals surface area (Å²) in [5.41, 5.74) is 1.33. The van der Waals surface area contributed by atoms with Crippen LogP contribution < -0.4 is 4.74 Å². The summed E-state index contributed by atoms with van der Waals surface area (Å²) in [6, 6.07) is 8.45. The molecular formula is C23H39NO3S. The van der Waals surface area contributed by atoms with Crippen molar-refractivity contribution in [2.24, 2.45) is 11.8 Å². The highest BCUT2D eigenvalue weighted by atomic mass is 32.2. The van der Waals surface area contributed by atoms with Gasteiger partial charge in [0.1, 0.15) is 12.4 Å². The van der Waals surface area contributed by atoms with Gasteiger partial charge in [-0.25, -0.2) is 8.42 Å². The number of rotatable bonds is 9. The molecular weight excluding hydrogens is 370 g/mol. The van der Waals surface area contributed by atoms with Gasteiger partial charge in [0.05, 0.1) is 10.5 Å². The van der Waals surface area contributed by atoms with Crippen LogP contribution >= 0.6 is 0 Å². The van der Waals surface area contributed by atoms with Crippen LogP contribution in [0.3, 0.4) is 0 Å². The monoisotopic (exact) mass is 409 g/mol. The molecule has 2 rings (SSSR count). The molecule has 0 N–H and O–H groups in total. The summed E-state index contributed by atoms with van der Waals surface area (Å²) in [5.74, 6) is 2.37. The fraction of sp³-hybridized carbons (Fsp3) is 0.739. The van der Waals surface area contributed by atoms with Crippen LogP contribution in [0.2, 0.25) is 0 Å². The first-order valence-corrected chi connectivity index (χ1v) is 12.3. The van der Waals surface area contributed by atoms with Gasteiger partial charge >= 0.3 is 0 Å². The fourth-order valence-electron chi connectivity index (χ4n) is 3.75. The summed E-state index contributed by atoms with van der Waals surface area (Å²) < 4.78 is 30.1. The zero-order valence-corrected chi connectivity index (χ0v) is 19.2. The maximum atomic E-state index is 12.4. The molecule has 0 bridgehead atoms. The van der Waals surface area contributed by atoms with E-state index in [1.165, 1.54) is 12.0 Å². The number of nitrogens with zero attached hydrogens (tertiary/aromatic N) is 1. The minimum absolute atomic E-state index is 0.342. The molecule has 0 unspecified atom stereocenters. The van der Waals surface area contributed by atoms with Crippen molar-refractivity contribution >= 4 is 9.84 Å². The van der Waals surface area contributed by atoms with Crippen LogP contribution in [0.4, 0.5) is 0 Å². The second-order valence-electron chi connectivity index (χ2n) is 9.62. The molecule has 0 atom stereocenters. The average Bonchev–Trinajstić information content (AvgIpc) is 2.60. The van der Waals surface area contributed by atoms with E-state index < -0.39 is 14.6 Å². The molecule has 0 heterocycles. The molecule has 1 fully saturated rings. The van der Waals surface area contributed by atoms with Gasteiger partial charge in [0.15, 0.2) is 9.84 Å². The van der Waals surface area contributed by atoms with Crippen molar-refractivity contribution < 1.29 is 13.2 Å². The normalized spacial score (nSPS) is 21.1. The third-order valence-electron chi connectivity index (χ3n) is 5.90. The molecule has 0 aliphatic heterocycles. The van der Waals surface area contributed by atoms with E-state index in [1.54, 1.807) is 0 Å². The van der Waals surface area contributed by atoms with E-state index in [-0.39, 0.29) is 0 Å². The van der Waals surface area contributed by atoms with Crippen molar-refractivity contribution in [3.8, 4) is 5.75 Å². The standard InChI is InChI=1S/C23H39NO3S/c1-23(2,3)28(25,26)18-21-13-10-19(11-14-21)9-12-20-7-6-8-22(17-20)27-16-15-24(4)5/h6-8,17,19,21H,9-16,18H2,1-5H3. The molecule has 5 heteroatoms. The smallest absolute Gasteiger partial charge is 0.155 e.